The molecule has 112 valence electrons. The van der Waals surface area contributed by atoms with Crippen LogP contribution in [-0.2, 0) is 11.3 Å². The van der Waals surface area contributed by atoms with Crippen molar-refractivity contribution in [1.29, 1.82) is 0 Å². The highest BCUT2D eigenvalue weighted by Crippen LogP contribution is 2.16. The fourth-order valence-electron chi connectivity index (χ4n) is 2.26. The first-order valence-electron chi connectivity index (χ1n) is 7.14. The van der Waals surface area contributed by atoms with Crippen LogP contribution >= 0.6 is 0 Å². The molecule has 3 rings (SSSR count). The first kappa shape index (κ1) is 14.1. The summed E-state index contributed by atoms with van der Waals surface area (Å²) in [4.78, 5) is 12.1. The number of carbonyl (C=O) groups is 1. The molecule has 0 aliphatic carbocycles. The summed E-state index contributed by atoms with van der Waals surface area (Å²) in [5, 5.41) is 7.31. The lowest BCUT2D eigenvalue weighted by Crippen LogP contribution is -2.30. The van der Waals surface area contributed by atoms with Gasteiger partial charge in [0, 0.05) is 11.8 Å². The van der Waals surface area contributed by atoms with Crippen LogP contribution in [0.4, 0.5) is 0 Å². The standard InChI is InChI=1S/C17H17N3O2/c1-13(16-8-5-11-22-16)18-17(21)12-20-10-9-15(19-20)14-6-3-2-4-7-14/h2-11,13H,12H2,1H3,(H,18,21)/t13-/m1/s1. The summed E-state index contributed by atoms with van der Waals surface area (Å²) in [7, 11) is 0. The van der Waals surface area contributed by atoms with Crippen molar-refractivity contribution in [2.75, 3.05) is 0 Å². The molecule has 0 spiro atoms. The van der Waals surface area contributed by atoms with Gasteiger partial charge in [0.1, 0.15) is 12.3 Å². The van der Waals surface area contributed by atoms with Crippen molar-refractivity contribution < 1.29 is 9.21 Å². The Labute approximate surface area is 128 Å². The van der Waals surface area contributed by atoms with Gasteiger partial charge in [-0.15, -0.1) is 0 Å². The minimum atomic E-state index is -0.161. The highest BCUT2D eigenvalue weighted by molar-refractivity contribution is 5.76. The van der Waals surface area contributed by atoms with Crippen molar-refractivity contribution >= 4 is 5.91 Å². The van der Waals surface area contributed by atoms with Gasteiger partial charge in [0.15, 0.2) is 0 Å². The summed E-state index contributed by atoms with van der Waals surface area (Å²) in [6, 6.07) is 15.3. The molecule has 1 N–H and O–H groups in total. The average Bonchev–Trinajstić information content (AvgIpc) is 3.19. The van der Waals surface area contributed by atoms with Crippen LogP contribution in [0.15, 0.2) is 65.4 Å². The molecule has 3 aromatic rings. The van der Waals surface area contributed by atoms with E-state index >= 15 is 0 Å². The number of rotatable bonds is 5. The highest BCUT2D eigenvalue weighted by Gasteiger charge is 2.12. The minimum Gasteiger partial charge on any atom is -0.467 e. The Kier molecular flexibility index (Phi) is 4.05. The number of nitrogens with one attached hydrogen (secondary N) is 1. The van der Waals surface area contributed by atoms with Crippen LogP contribution in [0.3, 0.4) is 0 Å². The van der Waals surface area contributed by atoms with Crippen molar-refractivity contribution in [2.45, 2.75) is 19.5 Å². The number of furan rings is 1. The van der Waals surface area contributed by atoms with Crippen LogP contribution in [0, 0.1) is 0 Å². The molecule has 0 bridgehead atoms. The predicted molar refractivity (Wildman–Crippen MR) is 82.9 cm³/mol. The lowest BCUT2D eigenvalue weighted by atomic mass is 10.2. The number of aromatic nitrogens is 2. The van der Waals surface area contributed by atoms with Crippen LogP contribution < -0.4 is 5.32 Å². The molecule has 1 aromatic carbocycles. The molecule has 1 amide bonds. The van der Waals surface area contributed by atoms with E-state index < -0.39 is 0 Å². The van der Waals surface area contributed by atoms with Gasteiger partial charge >= 0.3 is 0 Å². The first-order valence-corrected chi connectivity index (χ1v) is 7.14. The summed E-state index contributed by atoms with van der Waals surface area (Å²) in [5.41, 5.74) is 1.89. The fourth-order valence-corrected chi connectivity index (χ4v) is 2.26. The normalized spacial score (nSPS) is 12.0. The summed E-state index contributed by atoms with van der Waals surface area (Å²) < 4.78 is 6.90. The van der Waals surface area contributed by atoms with Gasteiger partial charge in [0.05, 0.1) is 18.0 Å². The number of carbonyl (C=O) groups excluding carboxylic acids is 1. The zero-order valence-corrected chi connectivity index (χ0v) is 12.3. The zero-order chi connectivity index (χ0) is 15.4. The van der Waals surface area contributed by atoms with Gasteiger partial charge in [-0.05, 0) is 25.1 Å². The molecule has 5 nitrogen and oxygen atoms in total. The van der Waals surface area contributed by atoms with Crippen molar-refractivity contribution in [1.82, 2.24) is 15.1 Å². The van der Waals surface area contributed by atoms with Gasteiger partial charge in [-0.25, -0.2) is 0 Å². The second-order valence-electron chi connectivity index (χ2n) is 5.07. The summed E-state index contributed by atoms with van der Waals surface area (Å²) in [6.07, 6.45) is 3.40. The Bertz CT molecular complexity index is 732. The second-order valence-corrected chi connectivity index (χ2v) is 5.07. The van der Waals surface area contributed by atoms with Gasteiger partial charge < -0.3 is 9.73 Å². The molecule has 1 atom stereocenters. The highest BCUT2D eigenvalue weighted by atomic mass is 16.3. The van der Waals surface area contributed by atoms with E-state index in [0.717, 1.165) is 17.0 Å². The maximum Gasteiger partial charge on any atom is 0.242 e. The summed E-state index contributed by atoms with van der Waals surface area (Å²) in [6.45, 7) is 2.06. The van der Waals surface area contributed by atoms with E-state index in [1.807, 2.05) is 49.4 Å². The quantitative estimate of drug-likeness (QED) is 0.787. The number of amides is 1. The molecule has 0 aliphatic heterocycles. The molecule has 0 radical (unpaired) electrons. The van der Waals surface area contributed by atoms with Crippen LogP contribution in [0.1, 0.15) is 18.7 Å². The minimum absolute atomic E-state index is 0.105. The molecule has 0 aliphatic rings. The molecule has 0 saturated heterocycles. The monoisotopic (exact) mass is 295 g/mol. The number of hydrogen-bond donors (Lipinski definition) is 1. The van der Waals surface area contributed by atoms with E-state index in [4.69, 9.17) is 4.42 Å². The third kappa shape index (κ3) is 3.25. The third-order valence-electron chi connectivity index (χ3n) is 3.36. The molecular formula is C17H17N3O2. The molecule has 0 fully saturated rings. The Morgan fingerprint density at radius 2 is 2.05 bits per heavy atom. The number of hydrogen-bond acceptors (Lipinski definition) is 3. The van der Waals surface area contributed by atoms with E-state index in [9.17, 15) is 4.79 Å². The van der Waals surface area contributed by atoms with E-state index in [0.29, 0.717) is 0 Å². The maximum absolute atomic E-state index is 12.1. The molecule has 22 heavy (non-hydrogen) atoms. The van der Waals surface area contributed by atoms with Gasteiger partial charge in [0.2, 0.25) is 5.91 Å². The van der Waals surface area contributed by atoms with Gasteiger partial charge in [0.25, 0.3) is 0 Å². The van der Waals surface area contributed by atoms with Crippen molar-refractivity contribution in [2.24, 2.45) is 0 Å². The van der Waals surface area contributed by atoms with E-state index in [1.54, 1.807) is 23.2 Å². The molecule has 2 heterocycles. The molecular weight excluding hydrogens is 278 g/mol. The number of benzene rings is 1. The molecule has 2 aromatic heterocycles. The smallest absolute Gasteiger partial charge is 0.242 e. The van der Waals surface area contributed by atoms with Crippen molar-refractivity contribution in [3.05, 3.63) is 66.8 Å². The molecule has 0 unspecified atom stereocenters. The predicted octanol–water partition coefficient (Wildman–Crippen LogP) is 3.02. The second kappa shape index (κ2) is 6.30. The summed E-state index contributed by atoms with van der Waals surface area (Å²) in [5.74, 6) is 0.630. The van der Waals surface area contributed by atoms with E-state index in [2.05, 4.69) is 10.4 Å². The topological polar surface area (TPSA) is 60.1 Å². The van der Waals surface area contributed by atoms with E-state index in [-0.39, 0.29) is 18.5 Å². The first-order chi connectivity index (χ1) is 10.7. The van der Waals surface area contributed by atoms with Crippen molar-refractivity contribution in [3.8, 4) is 11.3 Å². The Morgan fingerprint density at radius 1 is 1.23 bits per heavy atom. The number of nitrogens with zero attached hydrogens (tertiary/aromatic N) is 2. The van der Waals surface area contributed by atoms with Crippen LogP contribution in [-0.4, -0.2) is 15.7 Å². The summed E-state index contributed by atoms with van der Waals surface area (Å²) >= 11 is 0. The Balaban J connectivity index is 1.62. The molecule has 0 saturated carbocycles. The lowest BCUT2D eigenvalue weighted by molar-refractivity contribution is -0.122. The van der Waals surface area contributed by atoms with Crippen LogP contribution in [0.25, 0.3) is 11.3 Å². The largest absolute Gasteiger partial charge is 0.467 e. The average molecular weight is 295 g/mol. The molecule has 5 heteroatoms. The SMILES string of the molecule is C[C@@H](NC(=O)Cn1ccc(-c2ccccc2)n1)c1ccco1. The van der Waals surface area contributed by atoms with E-state index in [1.165, 1.54) is 0 Å². The van der Waals surface area contributed by atoms with Gasteiger partial charge in [-0.1, -0.05) is 30.3 Å². The Hall–Kier alpha value is -2.82. The fraction of sp³-hybridized carbons (Fsp3) is 0.176. The third-order valence-corrected chi connectivity index (χ3v) is 3.36. The maximum atomic E-state index is 12.1. The van der Waals surface area contributed by atoms with Gasteiger partial charge in [-0.2, -0.15) is 5.10 Å². The van der Waals surface area contributed by atoms with Crippen LogP contribution in [0.2, 0.25) is 0 Å². The zero-order valence-electron chi connectivity index (χ0n) is 12.3. The Morgan fingerprint density at radius 3 is 2.77 bits per heavy atom. The lowest BCUT2D eigenvalue weighted by Gasteiger charge is -2.11. The van der Waals surface area contributed by atoms with Crippen molar-refractivity contribution in [3.63, 3.8) is 0 Å². The van der Waals surface area contributed by atoms with Gasteiger partial charge in [-0.3, -0.25) is 9.48 Å². The van der Waals surface area contributed by atoms with Crippen LogP contribution in [0.5, 0.6) is 0 Å².